The molecule has 0 amide bonds. The fourth-order valence-electron chi connectivity index (χ4n) is 8.96. The third-order valence-electron chi connectivity index (χ3n) is 11.9. The van der Waals surface area contributed by atoms with E-state index in [4.69, 9.17) is 25.8 Å². The second kappa shape index (κ2) is 21.1. The van der Waals surface area contributed by atoms with Crippen LogP contribution in [0, 0.1) is 0 Å². The molecule has 1 fully saturated rings. The summed E-state index contributed by atoms with van der Waals surface area (Å²) in [4.78, 5) is 81.5. The van der Waals surface area contributed by atoms with Crippen LogP contribution in [-0.4, -0.2) is 81.5 Å². The Labute approximate surface area is 390 Å². The second-order valence-electron chi connectivity index (χ2n) is 16.1. The molecule has 1 aliphatic rings. The van der Waals surface area contributed by atoms with E-state index in [1.54, 1.807) is 12.1 Å². The van der Waals surface area contributed by atoms with E-state index in [9.17, 15) is 44.4 Å². The average Bonchev–Trinajstić information content (AvgIpc) is 3.83. The van der Waals surface area contributed by atoms with Crippen LogP contribution in [0.1, 0.15) is 116 Å². The summed E-state index contributed by atoms with van der Waals surface area (Å²) in [6.07, 6.45) is -0.908. The molecule has 1 heterocycles. The summed E-state index contributed by atoms with van der Waals surface area (Å²) in [6, 6.07) is 35.1. The number of esters is 1. The van der Waals surface area contributed by atoms with Gasteiger partial charge in [-0.2, -0.15) is 0 Å². The predicted octanol–water partition coefficient (Wildman–Crippen LogP) is 9.60. The molecule has 0 bridgehead atoms. The van der Waals surface area contributed by atoms with E-state index >= 15 is 4.79 Å². The highest BCUT2D eigenvalue weighted by atomic mass is 35.5. The number of ether oxygens (including phenoxy) is 3. The fourth-order valence-corrected chi connectivity index (χ4v) is 9.14. The summed E-state index contributed by atoms with van der Waals surface area (Å²) in [5, 5.41) is 42.9. The highest BCUT2D eigenvalue weighted by Crippen LogP contribution is 2.51. The quantitative estimate of drug-likeness (QED) is 0.0441. The molecule has 0 saturated carbocycles. The van der Waals surface area contributed by atoms with Crippen LogP contribution >= 0.6 is 11.6 Å². The minimum atomic E-state index is -1.66. The zero-order valence-corrected chi connectivity index (χ0v) is 36.8. The molecule has 67 heavy (non-hydrogen) atoms. The number of halogens is 1. The first kappa shape index (κ1) is 47.4. The van der Waals surface area contributed by atoms with Crippen molar-refractivity contribution in [3.8, 4) is 5.75 Å². The normalized spacial score (nSPS) is 15.1. The van der Waals surface area contributed by atoms with Crippen LogP contribution in [0.5, 0.6) is 5.75 Å². The molecule has 1 saturated heterocycles. The number of Topliss-reactive ketones (excluding diaryl/α,β-unsaturated/α-hetero) is 1. The van der Waals surface area contributed by atoms with E-state index in [1.165, 1.54) is 103 Å². The van der Waals surface area contributed by atoms with Gasteiger partial charge in [-0.3, -0.25) is 9.59 Å². The molecule has 0 unspecified atom stereocenters. The lowest BCUT2D eigenvalue weighted by Crippen LogP contribution is -2.38. The molecule has 0 radical (unpaired) electrons. The molecule has 5 atom stereocenters. The van der Waals surface area contributed by atoms with Crippen LogP contribution < -0.4 is 4.74 Å². The Kier molecular flexibility index (Phi) is 14.9. The molecular formula is C53H45ClO13. The van der Waals surface area contributed by atoms with Gasteiger partial charge in [-0.25, -0.2) is 19.2 Å². The Bertz CT molecular complexity index is 2830. The van der Waals surface area contributed by atoms with Crippen molar-refractivity contribution in [3.63, 3.8) is 0 Å². The van der Waals surface area contributed by atoms with Crippen LogP contribution in [-0.2, 0) is 27.1 Å². The highest BCUT2D eigenvalue weighted by Gasteiger charge is 2.46. The Morgan fingerprint density at radius 1 is 0.627 bits per heavy atom. The van der Waals surface area contributed by atoms with Crippen LogP contribution in [0.3, 0.4) is 0 Å². The van der Waals surface area contributed by atoms with Gasteiger partial charge in [-0.05, 0) is 94.4 Å². The van der Waals surface area contributed by atoms with E-state index in [-0.39, 0.29) is 69.0 Å². The van der Waals surface area contributed by atoms with Crippen molar-refractivity contribution in [2.45, 2.75) is 56.1 Å². The van der Waals surface area contributed by atoms with Gasteiger partial charge in [0.05, 0.1) is 41.4 Å². The molecule has 1 aliphatic heterocycles. The van der Waals surface area contributed by atoms with E-state index in [0.717, 1.165) is 18.9 Å². The first-order valence-corrected chi connectivity index (χ1v) is 21.7. The minimum Gasteiger partial charge on any atom is -0.488 e. The largest absolute Gasteiger partial charge is 0.488 e. The molecule has 6 aromatic carbocycles. The summed E-state index contributed by atoms with van der Waals surface area (Å²) in [7, 11) is 0. The second-order valence-corrected chi connectivity index (χ2v) is 16.5. The lowest BCUT2D eigenvalue weighted by molar-refractivity contribution is -0.147. The maximum atomic E-state index is 15.9. The van der Waals surface area contributed by atoms with Crippen molar-refractivity contribution in [1.82, 2.24) is 0 Å². The Morgan fingerprint density at radius 3 is 1.70 bits per heavy atom. The molecule has 0 aromatic heterocycles. The highest BCUT2D eigenvalue weighted by molar-refractivity contribution is 6.31. The molecule has 7 rings (SSSR count). The van der Waals surface area contributed by atoms with Crippen molar-refractivity contribution in [1.29, 1.82) is 0 Å². The van der Waals surface area contributed by atoms with Crippen molar-refractivity contribution in [2.75, 3.05) is 13.2 Å². The zero-order chi connectivity index (χ0) is 47.8. The van der Waals surface area contributed by atoms with Crippen LogP contribution in [0.4, 0.5) is 0 Å². The Morgan fingerprint density at radius 2 is 1.15 bits per heavy atom. The SMILES string of the molecule is CC(=O)O[C@H](Cc1ccccc1C(=O)O)[C@@H](c1ccccc1C(=O)O)[C@H](c1ccccc1C(=O)O)[C@@H](C(=O)c1ccc(Cl)c(Cc2ccc(O[C@@H]3CCOC3)cc2)c1)c1ccccc1C(=O)O. The summed E-state index contributed by atoms with van der Waals surface area (Å²) < 4.78 is 17.6. The first-order chi connectivity index (χ1) is 32.2. The van der Waals surface area contributed by atoms with Gasteiger partial charge in [-0.15, -0.1) is 0 Å². The van der Waals surface area contributed by atoms with Crippen LogP contribution in [0.25, 0.3) is 0 Å². The number of ketones is 1. The summed E-state index contributed by atoms with van der Waals surface area (Å²) in [5.41, 5.74) is 0.393. The van der Waals surface area contributed by atoms with Gasteiger partial charge in [0.25, 0.3) is 0 Å². The standard InChI is InChI=1S/C53H45ClO13/c1-30(55)66-45(28-32-10-2-3-11-37(32)50(57)58)46(38-12-4-7-15-41(38)51(59)60)47(39-13-5-8-16-42(39)52(61)62)48(40-14-6-9-17-43(40)53(63)64)49(56)33-20-23-44(54)34(27-33)26-31-18-21-35(22-19-31)67-36-24-25-65-29-36/h2-23,27,36,45-48H,24-26,28-29H2,1H3,(H,57,58)(H,59,60)(H,61,62)(H,63,64)/t36-,45-,46-,47+,48+/m1/s1. The summed E-state index contributed by atoms with van der Waals surface area (Å²) in [5.74, 6) is -11.2. The summed E-state index contributed by atoms with van der Waals surface area (Å²) in [6.45, 7) is 2.23. The number of carbonyl (C=O) groups is 6. The molecule has 4 N–H and O–H groups in total. The predicted molar refractivity (Wildman–Crippen MR) is 246 cm³/mol. The third-order valence-corrected chi connectivity index (χ3v) is 12.2. The molecule has 13 nitrogen and oxygen atoms in total. The Balaban J connectivity index is 1.49. The molecule has 0 spiro atoms. The number of carbonyl (C=O) groups excluding carboxylic acids is 2. The number of benzene rings is 6. The van der Waals surface area contributed by atoms with Gasteiger partial charge in [-0.1, -0.05) is 96.5 Å². The average molecular weight is 925 g/mol. The van der Waals surface area contributed by atoms with E-state index in [0.29, 0.717) is 29.5 Å². The van der Waals surface area contributed by atoms with Gasteiger partial charge < -0.3 is 34.6 Å². The topological polar surface area (TPSA) is 211 Å². The summed E-state index contributed by atoms with van der Waals surface area (Å²) >= 11 is 6.81. The number of aromatic carboxylic acids is 4. The van der Waals surface area contributed by atoms with Gasteiger partial charge in [0.15, 0.2) is 5.78 Å². The third kappa shape index (κ3) is 10.9. The van der Waals surface area contributed by atoms with Crippen molar-refractivity contribution < 1.29 is 63.4 Å². The zero-order valence-electron chi connectivity index (χ0n) is 36.0. The van der Waals surface area contributed by atoms with Gasteiger partial charge >= 0.3 is 29.8 Å². The Hall–Kier alpha value is -7.61. The van der Waals surface area contributed by atoms with Crippen LogP contribution in [0.15, 0.2) is 140 Å². The van der Waals surface area contributed by atoms with Gasteiger partial charge in [0.2, 0.25) is 0 Å². The van der Waals surface area contributed by atoms with Crippen molar-refractivity contribution >= 4 is 47.2 Å². The maximum Gasteiger partial charge on any atom is 0.335 e. The number of hydrogen-bond donors (Lipinski definition) is 4. The molecule has 14 heteroatoms. The molecular weight excluding hydrogens is 880 g/mol. The minimum absolute atomic E-state index is 0.00506. The van der Waals surface area contributed by atoms with E-state index < -0.39 is 59.5 Å². The molecule has 342 valence electrons. The monoisotopic (exact) mass is 924 g/mol. The van der Waals surface area contributed by atoms with E-state index in [2.05, 4.69) is 0 Å². The van der Waals surface area contributed by atoms with Gasteiger partial charge in [0.1, 0.15) is 18.0 Å². The number of hydrogen-bond acceptors (Lipinski definition) is 9. The lowest BCUT2D eigenvalue weighted by Gasteiger charge is -2.40. The smallest absolute Gasteiger partial charge is 0.335 e. The first-order valence-electron chi connectivity index (χ1n) is 21.3. The lowest BCUT2D eigenvalue weighted by atomic mass is 9.64. The molecule has 0 aliphatic carbocycles. The van der Waals surface area contributed by atoms with Crippen molar-refractivity contribution in [3.05, 3.63) is 206 Å². The van der Waals surface area contributed by atoms with E-state index in [1.807, 2.05) is 24.3 Å². The maximum absolute atomic E-state index is 15.9. The molecule has 6 aromatic rings. The fraction of sp³-hybridized carbons (Fsp3) is 0.208. The van der Waals surface area contributed by atoms with Crippen molar-refractivity contribution in [2.24, 2.45) is 0 Å². The number of carboxylic acid groups (broad SMARTS) is 4. The number of carboxylic acids is 4. The number of rotatable bonds is 19. The van der Waals surface area contributed by atoms with Crippen LogP contribution in [0.2, 0.25) is 5.02 Å². The van der Waals surface area contributed by atoms with Gasteiger partial charge in [0, 0.05) is 42.2 Å².